The van der Waals surface area contributed by atoms with E-state index in [2.05, 4.69) is 16.8 Å². The fraction of sp³-hybridized carbons (Fsp3) is 0.643. The van der Waals surface area contributed by atoms with Crippen molar-refractivity contribution in [1.29, 1.82) is 0 Å². The van der Waals surface area contributed by atoms with Gasteiger partial charge in [0, 0.05) is 25.9 Å². The first-order chi connectivity index (χ1) is 8.76. The summed E-state index contributed by atoms with van der Waals surface area (Å²) in [5.41, 5.74) is 2.02. The molecule has 0 saturated carbocycles. The minimum absolute atomic E-state index is 0.0772. The highest BCUT2D eigenvalue weighted by molar-refractivity contribution is 5.44. The lowest BCUT2D eigenvalue weighted by atomic mass is 10.1. The number of ether oxygens (including phenoxy) is 1. The smallest absolute Gasteiger partial charge is 0.129 e. The predicted octanol–water partition coefficient (Wildman–Crippen LogP) is 1.75. The van der Waals surface area contributed by atoms with E-state index in [0.717, 1.165) is 49.4 Å². The van der Waals surface area contributed by atoms with Gasteiger partial charge in [-0.3, -0.25) is 0 Å². The van der Waals surface area contributed by atoms with E-state index in [9.17, 15) is 5.11 Å². The second-order valence-electron chi connectivity index (χ2n) is 4.83. The average molecular weight is 250 g/mol. The Bertz CT molecular complexity index is 395. The second-order valence-corrected chi connectivity index (χ2v) is 4.83. The second kappa shape index (κ2) is 6.16. The van der Waals surface area contributed by atoms with Gasteiger partial charge in [-0.25, -0.2) is 4.98 Å². The normalized spacial score (nSPS) is 19.5. The van der Waals surface area contributed by atoms with Crippen molar-refractivity contribution in [3.63, 3.8) is 0 Å². The Labute approximate surface area is 109 Å². The van der Waals surface area contributed by atoms with Gasteiger partial charge in [0.1, 0.15) is 5.82 Å². The summed E-state index contributed by atoms with van der Waals surface area (Å²) in [6.07, 6.45) is 3.38. The van der Waals surface area contributed by atoms with Crippen molar-refractivity contribution in [2.24, 2.45) is 0 Å². The summed E-state index contributed by atoms with van der Waals surface area (Å²) in [5.74, 6) is 0.976. The summed E-state index contributed by atoms with van der Waals surface area (Å²) in [6, 6.07) is 3.98. The van der Waals surface area contributed by atoms with Crippen molar-refractivity contribution < 1.29 is 9.84 Å². The third-order valence-corrected chi connectivity index (χ3v) is 3.42. The van der Waals surface area contributed by atoms with Gasteiger partial charge >= 0.3 is 0 Å². The number of hydrogen-bond donors (Lipinski definition) is 1. The van der Waals surface area contributed by atoms with Gasteiger partial charge in [-0.05, 0) is 30.5 Å². The Balaban J connectivity index is 2.18. The topological polar surface area (TPSA) is 45.6 Å². The first kappa shape index (κ1) is 13.3. The summed E-state index contributed by atoms with van der Waals surface area (Å²) < 4.78 is 5.38. The highest BCUT2D eigenvalue weighted by atomic mass is 16.5. The molecule has 0 bridgehead atoms. The number of aliphatic hydroxyl groups is 1. The summed E-state index contributed by atoms with van der Waals surface area (Å²) in [7, 11) is 1.76. The molecular formula is C14H22N2O2. The van der Waals surface area contributed by atoms with E-state index in [1.807, 2.05) is 12.1 Å². The van der Waals surface area contributed by atoms with E-state index in [4.69, 9.17) is 4.74 Å². The number of aryl methyl sites for hydroxylation is 1. The van der Waals surface area contributed by atoms with E-state index in [1.165, 1.54) is 0 Å². The van der Waals surface area contributed by atoms with Crippen LogP contribution in [0.1, 0.15) is 31.0 Å². The fourth-order valence-electron chi connectivity index (χ4n) is 2.40. The molecule has 2 rings (SSSR count). The number of rotatable bonds is 5. The van der Waals surface area contributed by atoms with Gasteiger partial charge in [-0.15, -0.1) is 0 Å². The Morgan fingerprint density at radius 3 is 2.94 bits per heavy atom. The molecule has 0 amide bonds. The van der Waals surface area contributed by atoms with Gasteiger partial charge in [-0.2, -0.15) is 0 Å². The van der Waals surface area contributed by atoms with E-state index in [1.54, 1.807) is 7.11 Å². The first-order valence-electron chi connectivity index (χ1n) is 6.65. The molecule has 4 nitrogen and oxygen atoms in total. The number of anilines is 1. The SMILES string of the molecule is CCCc1cc(CO)cc(N2CCC(OC)C2)n1. The van der Waals surface area contributed by atoms with Crippen LogP contribution in [0.3, 0.4) is 0 Å². The molecule has 1 N–H and O–H groups in total. The Hall–Kier alpha value is -1.13. The molecule has 1 aliphatic rings. The van der Waals surface area contributed by atoms with Crippen LogP contribution in [0.5, 0.6) is 0 Å². The number of aliphatic hydroxyl groups excluding tert-OH is 1. The lowest BCUT2D eigenvalue weighted by Crippen LogP contribution is -2.23. The molecule has 1 aromatic heterocycles. The highest BCUT2D eigenvalue weighted by Crippen LogP contribution is 2.22. The molecule has 0 spiro atoms. The summed E-state index contributed by atoms with van der Waals surface area (Å²) in [6.45, 7) is 4.09. The maximum absolute atomic E-state index is 9.32. The van der Waals surface area contributed by atoms with Crippen LogP contribution in [-0.4, -0.2) is 36.4 Å². The van der Waals surface area contributed by atoms with Gasteiger partial charge in [0.25, 0.3) is 0 Å². The van der Waals surface area contributed by atoms with E-state index in [0.29, 0.717) is 6.10 Å². The molecular weight excluding hydrogens is 228 g/mol. The monoisotopic (exact) mass is 250 g/mol. The van der Waals surface area contributed by atoms with E-state index in [-0.39, 0.29) is 6.61 Å². The maximum atomic E-state index is 9.32. The third-order valence-electron chi connectivity index (χ3n) is 3.42. The molecule has 0 aromatic carbocycles. The summed E-state index contributed by atoms with van der Waals surface area (Å²) in [5, 5.41) is 9.32. The first-order valence-corrected chi connectivity index (χ1v) is 6.65. The molecule has 1 atom stereocenters. The molecule has 100 valence electrons. The predicted molar refractivity (Wildman–Crippen MR) is 71.8 cm³/mol. The van der Waals surface area contributed by atoms with Crippen LogP contribution >= 0.6 is 0 Å². The number of pyridine rings is 1. The molecule has 0 radical (unpaired) electrons. The van der Waals surface area contributed by atoms with Crippen LogP contribution in [-0.2, 0) is 17.8 Å². The third kappa shape index (κ3) is 3.00. The highest BCUT2D eigenvalue weighted by Gasteiger charge is 2.23. The lowest BCUT2D eigenvalue weighted by Gasteiger charge is -2.19. The minimum Gasteiger partial charge on any atom is -0.392 e. The minimum atomic E-state index is 0.0772. The van der Waals surface area contributed by atoms with Crippen molar-refractivity contribution in [2.45, 2.75) is 38.9 Å². The molecule has 0 aliphatic carbocycles. The Morgan fingerprint density at radius 2 is 2.33 bits per heavy atom. The van der Waals surface area contributed by atoms with Gasteiger partial charge in [-0.1, -0.05) is 13.3 Å². The zero-order valence-electron chi connectivity index (χ0n) is 11.2. The lowest BCUT2D eigenvalue weighted by molar-refractivity contribution is 0.121. The van der Waals surface area contributed by atoms with Crippen molar-refractivity contribution >= 4 is 5.82 Å². The molecule has 1 fully saturated rings. The Kier molecular flexibility index (Phi) is 4.55. The zero-order chi connectivity index (χ0) is 13.0. The average Bonchev–Trinajstić information content (AvgIpc) is 2.87. The fourth-order valence-corrected chi connectivity index (χ4v) is 2.40. The number of aromatic nitrogens is 1. The van der Waals surface area contributed by atoms with Crippen LogP contribution in [0.2, 0.25) is 0 Å². The van der Waals surface area contributed by atoms with Gasteiger partial charge in [0.2, 0.25) is 0 Å². The number of hydrogen-bond acceptors (Lipinski definition) is 4. The molecule has 1 saturated heterocycles. The molecule has 1 aromatic rings. The van der Waals surface area contributed by atoms with Crippen LogP contribution in [0, 0.1) is 0 Å². The van der Waals surface area contributed by atoms with E-state index < -0.39 is 0 Å². The molecule has 1 unspecified atom stereocenters. The van der Waals surface area contributed by atoms with Crippen LogP contribution in [0.15, 0.2) is 12.1 Å². The maximum Gasteiger partial charge on any atom is 0.129 e. The number of methoxy groups -OCH3 is 1. The van der Waals surface area contributed by atoms with Crippen LogP contribution < -0.4 is 4.90 Å². The van der Waals surface area contributed by atoms with Crippen molar-refractivity contribution in [3.05, 3.63) is 23.4 Å². The van der Waals surface area contributed by atoms with E-state index >= 15 is 0 Å². The van der Waals surface area contributed by atoms with Crippen LogP contribution in [0.4, 0.5) is 5.82 Å². The van der Waals surface area contributed by atoms with Gasteiger partial charge in [0.05, 0.1) is 12.7 Å². The molecule has 18 heavy (non-hydrogen) atoms. The van der Waals surface area contributed by atoms with Gasteiger partial charge in [0.15, 0.2) is 0 Å². The van der Waals surface area contributed by atoms with Crippen molar-refractivity contribution in [1.82, 2.24) is 4.98 Å². The summed E-state index contributed by atoms with van der Waals surface area (Å²) >= 11 is 0. The quantitative estimate of drug-likeness (QED) is 0.865. The van der Waals surface area contributed by atoms with Crippen LogP contribution in [0.25, 0.3) is 0 Å². The number of nitrogens with zero attached hydrogens (tertiary/aromatic N) is 2. The largest absolute Gasteiger partial charge is 0.392 e. The molecule has 4 heteroatoms. The molecule has 2 heterocycles. The van der Waals surface area contributed by atoms with Crippen molar-refractivity contribution in [2.75, 3.05) is 25.1 Å². The van der Waals surface area contributed by atoms with Gasteiger partial charge < -0.3 is 14.7 Å². The molecule has 1 aliphatic heterocycles. The zero-order valence-corrected chi connectivity index (χ0v) is 11.2. The Morgan fingerprint density at radius 1 is 1.50 bits per heavy atom. The summed E-state index contributed by atoms with van der Waals surface area (Å²) in [4.78, 5) is 6.92. The van der Waals surface area contributed by atoms with Crippen molar-refractivity contribution in [3.8, 4) is 0 Å². The standard InChI is InChI=1S/C14H22N2O2/c1-3-4-12-7-11(10-17)8-14(15-12)16-6-5-13(9-16)18-2/h7-8,13,17H,3-6,9-10H2,1-2H3.